The number of methoxy groups -OCH3 is 1. The Morgan fingerprint density at radius 3 is 2.34 bits per heavy atom. The van der Waals surface area contributed by atoms with Gasteiger partial charge in [0.15, 0.2) is 6.10 Å². The van der Waals surface area contributed by atoms with Crippen molar-refractivity contribution in [1.82, 2.24) is 0 Å². The minimum Gasteiger partial charge on any atom is -0.496 e. The highest BCUT2D eigenvalue weighted by molar-refractivity contribution is 9.10. The van der Waals surface area contributed by atoms with Gasteiger partial charge in [0.1, 0.15) is 11.7 Å². The number of hydrogen-bond donors (Lipinski definition) is 0. The molecule has 2 saturated heterocycles. The number of carbonyl (C=O) groups excluding carboxylic acids is 2. The number of hydrogen-bond acceptors (Lipinski definition) is 5. The molecular formula is C24H18BrClN2O4. The van der Waals surface area contributed by atoms with Gasteiger partial charge < -0.3 is 4.74 Å². The van der Waals surface area contributed by atoms with Gasteiger partial charge in [-0.1, -0.05) is 45.7 Å². The summed E-state index contributed by atoms with van der Waals surface area (Å²) in [5, 5.41) is 2.17. The number of anilines is 2. The van der Waals surface area contributed by atoms with Gasteiger partial charge in [0.2, 0.25) is 5.91 Å². The number of amides is 2. The van der Waals surface area contributed by atoms with E-state index in [-0.39, 0.29) is 5.91 Å². The van der Waals surface area contributed by atoms with Crippen molar-refractivity contribution in [3.63, 3.8) is 0 Å². The molecule has 0 saturated carbocycles. The fraction of sp³-hybridized carbons (Fsp3) is 0.167. The minimum absolute atomic E-state index is 0.326. The number of imide groups is 1. The highest BCUT2D eigenvalue weighted by Gasteiger charge is 2.60. The van der Waals surface area contributed by atoms with Crippen molar-refractivity contribution in [2.75, 3.05) is 17.1 Å². The summed E-state index contributed by atoms with van der Waals surface area (Å²) in [6.45, 7) is 0. The lowest BCUT2D eigenvalue weighted by atomic mass is 9.90. The van der Waals surface area contributed by atoms with Crippen molar-refractivity contribution >= 4 is 50.7 Å². The highest BCUT2D eigenvalue weighted by Crippen LogP contribution is 2.49. The molecule has 6 nitrogen and oxygen atoms in total. The Morgan fingerprint density at radius 1 is 0.938 bits per heavy atom. The molecule has 0 unspecified atom stereocenters. The van der Waals surface area contributed by atoms with E-state index in [1.54, 1.807) is 36.4 Å². The smallest absolute Gasteiger partial charge is 0.266 e. The van der Waals surface area contributed by atoms with Crippen LogP contribution >= 0.6 is 27.5 Å². The predicted molar refractivity (Wildman–Crippen MR) is 125 cm³/mol. The van der Waals surface area contributed by atoms with Gasteiger partial charge in [-0.05, 0) is 54.6 Å². The van der Waals surface area contributed by atoms with Crippen LogP contribution in [0.2, 0.25) is 5.02 Å². The summed E-state index contributed by atoms with van der Waals surface area (Å²) < 4.78 is 6.43. The predicted octanol–water partition coefficient (Wildman–Crippen LogP) is 5.16. The Morgan fingerprint density at radius 2 is 1.66 bits per heavy atom. The molecule has 32 heavy (non-hydrogen) atoms. The van der Waals surface area contributed by atoms with Crippen LogP contribution in [-0.4, -0.2) is 25.0 Å². The lowest BCUT2D eigenvalue weighted by Crippen LogP contribution is -2.37. The third-order valence-corrected chi connectivity index (χ3v) is 6.47. The number of carbonyl (C=O) groups is 2. The minimum atomic E-state index is -0.952. The van der Waals surface area contributed by atoms with Crippen molar-refractivity contribution in [3.8, 4) is 5.75 Å². The fourth-order valence-electron chi connectivity index (χ4n) is 4.31. The van der Waals surface area contributed by atoms with E-state index in [2.05, 4.69) is 15.9 Å². The molecule has 0 bridgehead atoms. The summed E-state index contributed by atoms with van der Waals surface area (Å²) >= 11 is 9.50. The number of halogens is 2. The van der Waals surface area contributed by atoms with E-state index in [9.17, 15) is 9.59 Å². The summed E-state index contributed by atoms with van der Waals surface area (Å²) in [7, 11) is 1.58. The summed E-state index contributed by atoms with van der Waals surface area (Å²) in [5.74, 6) is -0.873. The Kier molecular flexibility index (Phi) is 5.41. The molecule has 2 aliphatic heterocycles. The van der Waals surface area contributed by atoms with Gasteiger partial charge in [-0.2, -0.15) is 0 Å². The molecule has 3 aromatic rings. The zero-order valence-electron chi connectivity index (χ0n) is 16.9. The third-order valence-electron chi connectivity index (χ3n) is 5.72. The number of para-hydroxylation sites is 1. The molecule has 3 aromatic carbocycles. The van der Waals surface area contributed by atoms with Crippen LogP contribution in [0.4, 0.5) is 11.4 Å². The number of rotatable bonds is 4. The molecule has 3 atom stereocenters. The van der Waals surface area contributed by atoms with Gasteiger partial charge in [0.05, 0.1) is 24.5 Å². The van der Waals surface area contributed by atoms with Gasteiger partial charge in [0.25, 0.3) is 5.91 Å². The van der Waals surface area contributed by atoms with Gasteiger partial charge in [-0.15, -0.1) is 0 Å². The van der Waals surface area contributed by atoms with E-state index in [4.69, 9.17) is 21.2 Å². The van der Waals surface area contributed by atoms with Crippen LogP contribution in [0.25, 0.3) is 0 Å². The second-order valence-electron chi connectivity index (χ2n) is 7.53. The molecule has 2 fully saturated rings. The van der Waals surface area contributed by atoms with Crippen molar-refractivity contribution in [2.24, 2.45) is 5.92 Å². The largest absolute Gasteiger partial charge is 0.496 e. The van der Waals surface area contributed by atoms with E-state index in [1.165, 1.54) is 4.90 Å². The lowest BCUT2D eigenvalue weighted by Gasteiger charge is -2.29. The SMILES string of the molecule is COc1ccc(Br)cc1[C@@H]1[C@H]2C(=O)N(c3ccc(Cl)cc3)C(=O)[C@@H]2ON1c1ccccc1. The molecule has 8 heteroatoms. The fourth-order valence-corrected chi connectivity index (χ4v) is 4.81. The van der Waals surface area contributed by atoms with Crippen molar-refractivity contribution in [3.05, 3.63) is 87.9 Å². The average Bonchev–Trinajstić information content (AvgIpc) is 3.31. The monoisotopic (exact) mass is 512 g/mol. The van der Waals surface area contributed by atoms with Crippen LogP contribution in [0.1, 0.15) is 11.6 Å². The topological polar surface area (TPSA) is 59.1 Å². The van der Waals surface area contributed by atoms with Gasteiger partial charge in [0, 0.05) is 15.1 Å². The molecule has 5 rings (SSSR count). The first-order chi connectivity index (χ1) is 15.5. The average molecular weight is 514 g/mol. The normalized spacial score (nSPS) is 22.4. The molecular weight excluding hydrogens is 496 g/mol. The molecule has 0 aromatic heterocycles. The lowest BCUT2D eigenvalue weighted by molar-refractivity contribution is -0.126. The highest BCUT2D eigenvalue weighted by atomic mass is 79.9. The van der Waals surface area contributed by atoms with E-state index < -0.39 is 24.0 Å². The van der Waals surface area contributed by atoms with Crippen molar-refractivity contribution in [2.45, 2.75) is 12.1 Å². The third kappa shape index (κ3) is 3.37. The summed E-state index contributed by atoms with van der Waals surface area (Å²) in [4.78, 5) is 34.3. The number of fused-ring (bicyclic) bond motifs is 1. The summed E-state index contributed by atoms with van der Waals surface area (Å²) in [6.07, 6.45) is -0.952. The van der Waals surface area contributed by atoms with Crippen LogP contribution in [-0.2, 0) is 14.4 Å². The number of ether oxygens (including phenoxy) is 1. The van der Waals surface area contributed by atoms with E-state index >= 15 is 0 Å². The van der Waals surface area contributed by atoms with Crippen LogP contribution in [0.5, 0.6) is 5.75 Å². The summed E-state index contributed by atoms with van der Waals surface area (Å²) in [6, 6.07) is 21.1. The second-order valence-corrected chi connectivity index (χ2v) is 8.88. The van der Waals surface area contributed by atoms with E-state index in [0.717, 1.165) is 15.7 Å². The number of hydroxylamine groups is 1. The molecule has 0 aliphatic carbocycles. The zero-order valence-corrected chi connectivity index (χ0v) is 19.3. The van der Waals surface area contributed by atoms with Crippen molar-refractivity contribution in [1.29, 1.82) is 0 Å². The van der Waals surface area contributed by atoms with Crippen LogP contribution < -0.4 is 14.7 Å². The van der Waals surface area contributed by atoms with Gasteiger partial charge in [-0.25, -0.2) is 9.96 Å². The van der Waals surface area contributed by atoms with E-state index in [1.807, 2.05) is 48.5 Å². The quantitative estimate of drug-likeness (QED) is 0.451. The molecule has 162 valence electrons. The Labute approximate surface area is 198 Å². The molecule has 2 amide bonds. The van der Waals surface area contributed by atoms with Gasteiger partial charge >= 0.3 is 0 Å². The standard InChI is InChI=1S/C24H18BrClN2O4/c1-31-19-12-7-14(25)13-18(19)21-20-22(32-28(21)17-5-3-2-4-6-17)24(30)27(23(20)29)16-10-8-15(26)9-11-16/h2-13,20-22H,1H3/t20-,21-,22-/m1/s1. The Bertz CT molecular complexity index is 1190. The van der Waals surface area contributed by atoms with Crippen LogP contribution in [0, 0.1) is 5.92 Å². The van der Waals surface area contributed by atoms with Crippen molar-refractivity contribution < 1.29 is 19.2 Å². The summed E-state index contributed by atoms with van der Waals surface area (Å²) in [5.41, 5.74) is 1.96. The maximum absolute atomic E-state index is 13.6. The number of nitrogens with zero attached hydrogens (tertiary/aromatic N) is 2. The zero-order chi connectivity index (χ0) is 22.4. The van der Waals surface area contributed by atoms with Crippen LogP contribution in [0.15, 0.2) is 77.3 Å². The molecule has 2 aliphatic rings. The molecule has 0 radical (unpaired) electrons. The maximum atomic E-state index is 13.6. The number of benzene rings is 3. The molecule has 0 N–H and O–H groups in total. The molecule has 2 heterocycles. The maximum Gasteiger partial charge on any atom is 0.266 e. The first-order valence-electron chi connectivity index (χ1n) is 9.97. The Hall–Kier alpha value is -2.87. The molecule has 0 spiro atoms. The van der Waals surface area contributed by atoms with Gasteiger partial charge in [-0.3, -0.25) is 14.4 Å². The van der Waals surface area contributed by atoms with E-state index in [0.29, 0.717) is 16.5 Å². The second kappa shape index (κ2) is 8.24. The first kappa shape index (κ1) is 21.0. The Balaban J connectivity index is 1.63. The van der Waals surface area contributed by atoms with Crippen LogP contribution in [0.3, 0.4) is 0 Å². The first-order valence-corrected chi connectivity index (χ1v) is 11.1.